The number of nitrogens with two attached hydrogens (primary N) is 1. The molecule has 0 fully saturated rings. The molecule has 1 aromatic carbocycles. The molecule has 2 aromatic rings. The standard InChI is InChI=1S/C16H23N3/c1-16(2,3)14-6-4-13(5-7-14)10-19-11-15(8-9-17)18-12-19/h4-7,11-12H,8-10,17H2,1-3H3. The maximum atomic E-state index is 5.53. The Balaban J connectivity index is 2.06. The summed E-state index contributed by atoms with van der Waals surface area (Å²) in [5.41, 5.74) is 9.47. The minimum atomic E-state index is 0.210. The van der Waals surface area contributed by atoms with Gasteiger partial charge in [-0.1, -0.05) is 45.0 Å². The quantitative estimate of drug-likeness (QED) is 0.915. The summed E-state index contributed by atoms with van der Waals surface area (Å²) >= 11 is 0. The van der Waals surface area contributed by atoms with Crippen LogP contribution >= 0.6 is 0 Å². The van der Waals surface area contributed by atoms with Gasteiger partial charge in [0.05, 0.1) is 12.0 Å². The van der Waals surface area contributed by atoms with Crippen LogP contribution in [-0.4, -0.2) is 16.1 Å². The predicted molar refractivity (Wildman–Crippen MR) is 79.2 cm³/mol. The van der Waals surface area contributed by atoms with Gasteiger partial charge in [0.15, 0.2) is 0 Å². The second-order valence-electron chi connectivity index (χ2n) is 6.02. The molecule has 0 aliphatic heterocycles. The molecule has 102 valence electrons. The molecule has 1 heterocycles. The van der Waals surface area contributed by atoms with Crippen LogP contribution in [0.1, 0.15) is 37.6 Å². The van der Waals surface area contributed by atoms with Gasteiger partial charge in [-0.15, -0.1) is 0 Å². The largest absolute Gasteiger partial charge is 0.333 e. The monoisotopic (exact) mass is 257 g/mol. The first kappa shape index (κ1) is 13.8. The highest BCUT2D eigenvalue weighted by Gasteiger charge is 2.12. The van der Waals surface area contributed by atoms with E-state index in [1.54, 1.807) is 0 Å². The summed E-state index contributed by atoms with van der Waals surface area (Å²) in [4.78, 5) is 4.34. The van der Waals surface area contributed by atoms with Crippen molar-refractivity contribution in [1.82, 2.24) is 9.55 Å². The molecule has 0 saturated carbocycles. The first-order valence-electron chi connectivity index (χ1n) is 6.79. The minimum absolute atomic E-state index is 0.210. The van der Waals surface area contributed by atoms with E-state index in [9.17, 15) is 0 Å². The molecule has 0 saturated heterocycles. The van der Waals surface area contributed by atoms with Gasteiger partial charge in [0.2, 0.25) is 0 Å². The van der Waals surface area contributed by atoms with Crippen LogP contribution in [0, 0.1) is 0 Å². The van der Waals surface area contributed by atoms with Crippen molar-refractivity contribution in [2.45, 2.75) is 39.2 Å². The summed E-state index contributed by atoms with van der Waals surface area (Å²) in [7, 11) is 0. The SMILES string of the molecule is CC(C)(C)c1ccc(Cn2cnc(CCN)c2)cc1. The lowest BCUT2D eigenvalue weighted by molar-refractivity contribution is 0.589. The van der Waals surface area contributed by atoms with Crippen molar-refractivity contribution < 1.29 is 0 Å². The van der Waals surface area contributed by atoms with Gasteiger partial charge >= 0.3 is 0 Å². The van der Waals surface area contributed by atoms with E-state index in [0.717, 1.165) is 18.7 Å². The van der Waals surface area contributed by atoms with E-state index in [1.165, 1.54) is 11.1 Å². The van der Waals surface area contributed by atoms with Crippen LogP contribution in [0.2, 0.25) is 0 Å². The molecule has 0 spiro atoms. The molecule has 0 aliphatic carbocycles. The fraction of sp³-hybridized carbons (Fsp3) is 0.438. The highest BCUT2D eigenvalue weighted by atomic mass is 15.0. The molecular formula is C16H23N3. The third-order valence-electron chi connectivity index (χ3n) is 3.27. The van der Waals surface area contributed by atoms with Gasteiger partial charge in [0.1, 0.15) is 0 Å². The maximum Gasteiger partial charge on any atom is 0.0952 e. The molecule has 19 heavy (non-hydrogen) atoms. The van der Waals surface area contributed by atoms with Crippen LogP contribution in [0.4, 0.5) is 0 Å². The second kappa shape index (κ2) is 5.57. The molecule has 0 amide bonds. The molecular weight excluding hydrogens is 234 g/mol. The highest BCUT2D eigenvalue weighted by Crippen LogP contribution is 2.22. The lowest BCUT2D eigenvalue weighted by Crippen LogP contribution is -2.10. The van der Waals surface area contributed by atoms with E-state index in [2.05, 4.69) is 60.8 Å². The third-order valence-corrected chi connectivity index (χ3v) is 3.27. The van der Waals surface area contributed by atoms with Gasteiger partial charge in [-0.05, 0) is 23.1 Å². The summed E-state index contributed by atoms with van der Waals surface area (Å²) in [6.45, 7) is 8.21. The number of hydrogen-bond acceptors (Lipinski definition) is 2. The molecule has 0 aliphatic rings. The van der Waals surface area contributed by atoms with Crippen LogP contribution in [0.3, 0.4) is 0 Å². The van der Waals surface area contributed by atoms with Gasteiger partial charge in [-0.25, -0.2) is 4.98 Å². The molecule has 0 atom stereocenters. The summed E-state index contributed by atoms with van der Waals surface area (Å²) in [5, 5.41) is 0. The fourth-order valence-corrected chi connectivity index (χ4v) is 2.09. The number of benzene rings is 1. The number of hydrogen-bond donors (Lipinski definition) is 1. The smallest absolute Gasteiger partial charge is 0.0952 e. The Morgan fingerprint density at radius 3 is 2.42 bits per heavy atom. The van der Waals surface area contributed by atoms with Crippen LogP contribution in [0.15, 0.2) is 36.8 Å². The Bertz CT molecular complexity index is 518. The number of imidazole rings is 1. The van der Waals surface area contributed by atoms with Crippen molar-refractivity contribution in [3.05, 3.63) is 53.6 Å². The number of aromatic nitrogens is 2. The summed E-state index contributed by atoms with van der Waals surface area (Å²) in [5.74, 6) is 0. The molecule has 3 nitrogen and oxygen atoms in total. The highest BCUT2D eigenvalue weighted by molar-refractivity contribution is 5.27. The van der Waals surface area contributed by atoms with Gasteiger partial charge in [0.25, 0.3) is 0 Å². The number of rotatable bonds is 4. The molecule has 1 aromatic heterocycles. The molecule has 0 unspecified atom stereocenters. The average molecular weight is 257 g/mol. The summed E-state index contributed by atoms with van der Waals surface area (Å²) in [6.07, 6.45) is 4.79. The topological polar surface area (TPSA) is 43.8 Å². The van der Waals surface area contributed by atoms with Crippen LogP contribution in [0.25, 0.3) is 0 Å². The Morgan fingerprint density at radius 2 is 1.84 bits per heavy atom. The fourth-order valence-electron chi connectivity index (χ4n) is 2.09. The normalized spacial score (nSPS) is 11.8. The lowest BCUT2D eigenvalue weighted by Gasteiger charge is -2.19. The predicted octanol–water partition coefficient (Wildman–Crippen LogP) is 2.73. The van der Waals surface area contributed by atoms with Crippen molar-refractivity contribution in [3.63, 3.8) is 0 Å². The molecule has 3 heteroatoms. The molecule has 2 N–H and O–H groups in total. The Labute approximate surface area is 115 Å². The van der Waals surface area contributed by atoms with Crippen molar-refractivity contribution in [3.8, 4) is 0 Å². The Morgan fingerprint density at radius 1 is 1.16 bits per heavy atom. The van der Waals surface area contributed by atoms with Crippen LogP contribution < -0.4 is 5.73 Å². The zero-order valence-corrected chi connectivity index (χ0v) is 12.1. The van der Waals surface area contributed by atoms with Gasteiger partial charge in [0, 0.05) is 19.2 Å². The van der Waals surface area contributed by atoms with E-state index < -0.39 is 0 Å². The van der Waals surface area contributed by atoms with E-state index in [1.807, 2.05) is 6.33 Å². The molecule has 0 radical (unpaired) electrons. The number of nitrogens with zero attached hydrogens (tertiary/aromatic N) is 2. The third kappa shape index (κ3) is 3.67. The Kier molecular flexibility index (Phi) is 4.05. The molecule has 0 bridgehead atoms. The van der Waals surface area contributed by atoms with Gasteiger partial charge in [-0.3, -0.25) is 0 Å². The summed E-state index contributed by atoms with van der Waals surface area (Å²) in [6, 6.07) is 8.83. The van der Waals surface area contributed by atoms with Crippen molar-refractivity contribution >= 4 is 0 Å². The van der Waals surface area contributed by atoms with E-state index in [0.29, 0.717) is 6.54 Å². The maximum absolute atomic E-state index is 5.53. The van der Waals surface area contributed by atoms with E-state index in [4.69, 9.17) is 5.73 Å². The Hall–Kier alpha value is -1.61. The van der Waals surface area contributed by atoms with E-state index >= 15 is 0 Å². The van der Waals surface area contributed by atoms with Crippen LogP contribution in [0.5, 0.6) is 0 Å². The second-order valence-corrected chi connectivity index (χ2v) is 6.02. The van der Waals surface area contributed by atoms with Crippen LogP contribution in [-0.2, 0) is 18.4 Å². The average Bonchev–Trinajstić information content (AvgIpc) is 2.77. The van der Waals surface area contributed by atoms with E-state index in [-0.39, 0.29) is 5.41 Å². The van der Waals surface area contributed by atoms with Gasteiger partial charge in [-0.2, -0.15) is 0 Å². The van der Waals surface area contributed by atoms with Crippen molar-refractivity contribution in [2.24, 2.45) is 5.73 Å². The summed E-state index contributed by atoms with van der Waals surface area (Å²) < 4.78 is 2.11. The zero-order valence-electron chi connectivity index (χ0n) is 12.1. The van der Waals surface area contributed by atoms with Crippen molar-refractivity contribution in [2.75, 3.05) is 6.54 Å². The van der Waals surface area contributed by atoms with Crippen molar-refractivity contribution in [1.29, 1.82) is 0 Å². The minimum Gasteiger partial charge on any atom is -0.333 e. The lowest BCUT2D eigenvalue weighted by atomic mass is 9.87. The molecule has 2 rings (SSSR count). The first-order chi connectivity index (χ1) is 8.99. The zero-order chi connectivity index (χ0) is 13.9. The van der Waals surface area contributed by atoms with Gasteiger partial charge < -0.3 is 10.3 Å². The first-order valence-corrected chi connectivity index (χ1v) is 6.79.